The van der Waals surface area contributed by atoms with Gasteiger partial charge in [0.05, 0.1) is 12.7 Å². The Balaban J connectivity index is 2.16. The van der Waals surface area contributed by atoms with Crippen molar-refractivity contribution in [2.75, 3.05) is 18.0 Å². The number of hydrogen-bond acceptors (Lipinski definition) is 3. The Kier molecular flexibility index (Phi) is 2.44. The quantitative estimate of drug-likeness (QED) is 0.725. The number of rotatable bonds is 2. The summed E-state index contributed by atoms with van der Waals surface area (Å²) in [5.41, 5.74) is 3.20. The summed E-state index contributed by atoms with van der Waals surface area (Å²) >= 11 is 0. The van der Waals surface area contributed by atoms with Crippen LogP contribution in [0.5, 0.6) is 0 Å². The van der Waals surface area contributed by atoms with Crippen LogP contribution in [0.1, 0.15) is 11.1 Å². The van der Waals surface area contributed by atoms with Crippen molar-refractivity contribution < 1.29 is 10.2 Å². The number of anilines is 1. The number of aliphatic hydroxyl groups excluding tert-OH is 2. The second kappa shape index (κ2) is 3.59. The molecule has 0 bridgehead atoms. The van der Waals surface area contributed by atoms with E-state index in [0.29, 0.717) is 0 Å². The lowest BCUT2D eigenvalue weighted by Gasteiger charge is -2.38. The number of benzene rings is 1. The molecule has 0 spiro atoms. The van der Waals surface area contributed by atoms with Crippen LogP contribution >= 0.6 is 0 Å². The molecule has 1 aliphatic rings. The molecule has 1 fully saturated rings. The molecule has 2 N–H and O–H groups in total. The number of β-amino-alcohol motifs (C(OH)–C–C–N with tert-alkyl or cyclic N) is 1. The van der Waals surface area contributed by atoms with E-state index in [1.165, 1.54) is 0 Å². The van der Waals surface area contributed by atoms with Crippen molar-refractivity contribution in [2.45, 2.75) is 19.6 Å². The van der Waals surface area contributed by atoms with Gasteiger partial charge in [-0.25, -0.2) is 0 Å². The Morgan fingerprint density at radius 3 is 2.64 bits per heavy atom. The van der Waals surface area contributed by atoms with E-state index in [9.17, 15) is 0 Å². The number of hydrogen-bond donors (Lipinski definition) is 2. The zero-order valence-electron chi connectivity index (χ0n) is 8.27. The van der Waals surface area contributed by atoms with E-state index in [-0.39, 0.29) is 12.7 Å². The number of aliphatic hydroxyl groups is 2. The predicted molar refractivity (Wildman–Crippen MR) is 55.3 cm³/mol. The second-order valence-electron chi connectivity index (χ2n) is 3.83. The molecule has 0 aromatic heterocycles. The van der Waals surface area contributed by atoms with Gasteiger partial charge in [0.2, 0.25) is 0 Å². The highest BCUT2D eigenvalue weighted by molar-refractivity contribution is 5.52. The molecule has 76 valence electrons. The molecule has 0 saturated carbocycles. The Morgan fingerprint density at radius 1 is 1.43 bits per heavy atom. The van der Waals surface area contributed by atoms with Crippen molar-refractivity contribution in [2.24, 2.45) is 0 Å². The molecule has 0 unspecified atom stereocenters. The zero-order valence-corrected chi connectivity index (χ0v) is 8.27. The average molecular weight is 193 g/mol. The largest absolute Gasteiger partial charge is 0.392 e. The SMILES string of the molecule is Cc1cc(N2CC(O)C2)ccc1CO. The highest BCUT2D eigenvalue weighted by atomic mass is 16.3. The van der Waals surface area contributed by atoms with Gasteiger partial charge in [-0.3, -0.25) is 0 Å². The smallest absolute Gasteiger partial charge is 0.0889 e. The summed E-state index contributed by atoms with van der Waals surface area (Å²) in [6.07, 6.45) is -0.173. The minimum atomic E-state index is -0.173. The molecule has 0 aliphatic carbocycles. The van der Waals surface area contributed by atoms with Crippen LogP contribution in [0, 0.1) is 6.92 Å². The van der Waals surface area contributed by atoms with Crippen molar-refractivity contribution in [3.05, 3.63) is 29.3 Å². The van der Waals surface area contributed by atoms with Gasteiger partial charge in [0, 0.05) is 18.8 Å². The van der Waals surface area contributed by atoms with Crippen LogP contribution in [-0.4, -0.2) is 29.4 Å². The first-order valence-corrected chi connectivity index (χ1v) is 4.84. The van der Waals surface area contributed by atoms with Crippen LogP contribution in [0.3, 0.4) is 0 Å². The Bertz CT molecular complexity index is 332. The molecule has 3 nitrogen and oxygen atoms in total. The minimum Gasteiger partial charge on any atom is -0.392 e. The Morgan fingerprint density at radius 2 is 2.14 bits per heavy atom. The summed E-state index contributed by atoms with van der Waals surface area (Å²) < 4.78 is 0. The normalized spacial score (nSPS) is 16.9. The first kappa shape index (κ1) is 9.49. The number of aryl methyl sites for hydroxylation is 1. The maximum absolute atomic E-state index is 9.17. The van der Waals surface area contributed by atoms with E-state index in [1.54, 1.807) is 0 Å². The molecular weight excluding hydrogens is 178 g/mol. The molecule has 1 aromatic carbocycles. The second-order valence-corrected chi connectivity index (χ2v) is 3.83. The van der Waals surface area contributed by atoms with Crippen molar-refractivity contribution >= 4 is 5.69 Å². The molecule has 0 atom stereocenters. The summed E-state index contributed by atoms with van der Waals surface area (Å²) in [5, 5.41) is 18.2. The van der Waals surface area contributed by atoms with Crippen LogP contribution in [0.4, 0.5) is 5.69 Å². The molecule has 3 heteroatoms. The summed E-state index contributed by atoms with van der Waals surface area (Å²) in [4.78, 5) is 2.12. The van der Waals surface area contributed by atoms with Gasteiger partial charge < -0.3 is 15.1 Å². The summed E-state index contributed by atoms with van der Waals surface area (Å²) in [5.74, 6) is 0. The third-order valence-electron chi connectivity index (χ3n) is 2.72. The van der Waals surface area contributed by atoms with E-state index in [1.807, 2.05) is 19.1 Å². The molecule has 0 amide bonds. The van der Waals surface area contributed by atoms with Crippen molar-refractivity contribution in [1.29, 1.82) is 0 Å². The van der Waals surface area contributed by atoms with Crippen LogP contribution in [0.2, 0.25) is 0 Å². The molecule has 1 aromatic rings. The highest BCUT2D eigenvalue weighted by Crippen LogP contribution is 2.23. The first-order chi connectivity index (χ1) is 6.70. The standard InChI is InChI=1S/C11H15NO2/c1-8-4-10(3-2-9(8)7-13)12-5-11(14)6-12/h2-4,11,13-14H,5-7H2,1H3. The fraction of sp³-hybridized carbons (Fsp3) is 0.455. The minimum absolute atomic E-state index is 0.0920. The topological polar surface area (TPSA) is 43.7 Å². The van der Waals surface area contributed by atoms with Crippen molar-refractivity contribution in [3.8, 4) is 0 Å². The van der Waals surface area contributed by atoms with E-state index < -0.39 is 0 Å². The lowest BCUT2D eigenvalue weighted by atomic mass is 10.1. The van der Waals surface area contributed by atoms with Gasteiger partial charge in [0.25, 0.3) is 0 Å². The van der Waals surface area contributed by atoms with Gasteiger partial charge in [0.1, 0.15) is 0 Å². The molecular formula is C11H15NO2. The lowest BCUT2D eigenvalue weighted by Crippen LogP contribution is -2.50. The fourth-order valence-corrected chi connectivity index (χ4v) is 1.72. The molecule has 1 saturated heterocycles. The lowest BCUT2D eigenvalue weighted by molar-refractivity contribution is 0.142. The van der Waals surface area contributed by atoms with Crippen LogP contribution < -0.4 is 4.90 Å². The van der Waals surface area contributed by atoms with E-state index in [0.717, 1.165) is 29.9 Å². The molecule has 1 aliphatic heterocycles. The Labute approximate surface area is 83.6 Å². The maximum Gasteiger partial charge on any atom is 0.0889 e. The van der Waals surface area contributed by atoms with Gasteiger partial charge in [-0.1, -0.05) is 6.07 Å². The first-order valence-electron chi connectivity index (χ1n) is 4.84. The third-order valence-corrected chi connectivity index (χ3v) is 2.72. The molecule has 1 heterocycles. The third kappa shape index (κ3) is 1.61. The molecule has 2 rings (SSSR count). The van der Waals surface area contributed by atoms with Gasteiger partial charge in [-0.15, -0.1) is 0 Å². The van der Waals surface area contributed by atoms with Crippen LogP contribution in [0.15, 0.2) is 18.2 Å². The van der Waals surface area contributed by atoms with E-state index in [2.05, 4.69) is 11.0 Å². The average Bonchev–Trinajstić information content (AvgIpc) is 2.13. The van der Waals surface area contributed by atoms with Gasteiger partial charge >= 0.3 is 0 Å². The van der Waals surface area contributed by atoms with Crippen molar-refractivity contribution in [3.63, 3.8) is 0 Å². The monoisotopic (exact) mass is 193 g/mol. The van der Waals surface area contributed by atoms with Gasteiger partial charge in [-0.2, -0.15) is 0 Å². The molecule has 0 radical (unpaired) electrons. The zero-order chi connectivity index (χ0) is 10.1. The summed E-state index contributed by atoms with van der Waals surface area (Å²) in [6.45, 7) is 3.52. The van der Waals surface area contributed by atoms with E-state index >= 15 is 0 Å². The van der Waals surface area contributed by atoms with Crippen molar-refractivity contribution in [1.82, 2.24) is 0 Å². The highest BCUT2D eigenvalue weighted by Gasteiger charge is 2.24. The fourth-order valence-electron chi connectivity index (χ4n) is 1.72. The van der Waals surface area contributed by atoms with Gasteiger partial charge in [0.15, 0.2) is 0 Å². The maximum atomic E-state index is 9.17. The van der Waals surface area contributed by atoms with E-state index in [4.69, 9.17) is 10.2 Å². The van der Waals surface area contributed by atoms with Crippen LogP contribution in [-0.2, 0) is 6.61 Å². The number of nitrogens with zero attached hydrogens (tertiary/aromatic N) is 1. The molecule has 14 heavy (non-hydrogen) atoms. The predicted octanol–water partition coefficient (Wildman–Crippen LogP) is 0.668. The van der Waals surface area contributed by atoms with Gasteiger partial charge in [-0.05, 0) is 30.2 Å². The summed E-state index contributed by atoms with van der Waals surface area (Å²) in [7, 11) is 0. The summed E-state index contributed by atoms with van der Waals surface area (Å²) in [6, 6.07) is 5.98. The Hall–Kier alpha value is -1.06. The van der Waals surface area contributed by atoms with Crippen LogP contribution in [0.25, 0.3) is 0 Å².